The van der Waals surface area contributed by atoms with Crippen LogP contribution in [-0.2, 0) is 6.42 Å². The van der Waals surface area contributed by atoms with Gasteiger partial charge in [0.2, 0.25) is 0 Å². The van der Waals surface area contributed by atoms with Crippen molar-refractivity contribution in [3.05, 3.63) is 29.8 Å². The number of rotatable bonds is 7. The van der Waals surface area contributed by atoms with Crippen molar-refractivity contribution in [2.45, 2.75) is 70.9 Å². The Balaban J connectivity index is 1.60. The molecule has 0 heterocycles. The summed E-state index contributed by atoms with van der Waals surface area (Å²) in [7, 11) is 0. The second kappa shape index (κ2) is 9.43. The van der Waals surface area contributed by atoms with Gasteiger partial charge in [-0.15, -0.1) is 0 Å². The highest BCUT2D eigenvalue weighted by Gasteiger charge is 2.14. The zero-order valence-corrected chi connectivity index (χ0v) is 14.4. The largest absolute Gasteiger partial charge is 0.491 e. The number of benzene rings is 1. The topological polar surface area (TPSA) is 50.4 Å². The Labute approximate surface area is 140 Å². The molecule has 0 radical (unpaired) electrons. The third kappa shape index (κ3) is 6.93. The minimum atomic E-state index is -0.0161. The first-order valence-electron chi connectivity index (χ1n) is 8.93. The molecule has 128 valence electrons. The minimum absolute atomic E-state index is 0.0161. The third-order valence-electron chi connectivity index (χ3n) is 4.16. The van der Waals surface area contributed by atoms with E-state index >= 15 is 0 Å². The molecule has 0 saturated heterocycles. The van der Waals surface area contributed by atoms with E-state index in [-0.39, 0.29) is 12.1 Å². The van der Waals surface area contributed by atoms with Crippen LogP contribution in [0.3, 0.4) is 0 Å². The zero-order chi connectivity index (χ0) is 16.5. The third-order valence-corrected chi connectivity index (χ3v) is 4.16. The van der Waals surface area contributed by atoms with Crippen LogP contribution in [0, 0.1) is 0 Å². The smallest absolute Gasteiger partial charge is 0.315 e. The second-order valence-electron chi connectivity index (χ2n) is 6.65. The maximum Gasteiger partial charge on any atom is 0.315 e. The SMILES string of the molecule is CC(C)Oc1ccc(CCCNC(=O)NC2CCCCC2)cc1. The highest BCUT2D eigenvalue weighted by molar-refractivity contribution is 5.74. The number of nitrogens with one attached hydrogen (secondary N) is 2. The van der Waals surface area contributed by atoms with Crippen LogP contribution in [0.1, 0.15) is 57.9 Å². The number of urea groups is 1. The van der Waals surface area contributed by atoms with Gasteiger partial charge in [0.25, 0.3) is 0 Å². The van der Waals surface area contributed by atoms with Gasteiger partial charge in [0, 0.05) is 12.6 Å². The van der Waals surface area contributed by atoms with E-state index in [0.29, 0.717) is 12.6 Å². The van der Waals surface area contributed by atoms with Crippen molar-refractivity contribution in [3.63, 3.8) is 0 Å². The average Bonchev–Trinajstić information content (AvgIpc) is 2.53. The van der Waals surface area contributed by atoms with Gasteiger partial charge in [-0.05, 0) is 57.2 Å². The molecule has 23 heavy (non-hydrogen) atoms. The average molecular weight is 318 g/mol. The number of hydrogen-bond donors (Lipinski definition) is 2. The minimum Gasteiger partial charge on any atom is -0.491 e. The van der Waals surface area contributed by atoms with Crippen molar-refractivity contribution in [2.24, 2.45) is 0 Å². The van der Waals surface area contributed by atoms with E-state index in [4.69, 9.17) is 4.74 Å². The summed E-state index contributed by atoms with van der Waals surface area (Å²) >= 11 is 0. The Bertz CT molecular complexity index is 465. The van der Waals surface area contributed by atoms with Gasteiger partial charge in [-0.3, -0.25) is 0 Å². The Kier molecular flexibility index (Phi) is 7.24. The number of carbonyl (C=O) groups is 1. The van der Waals surface area contributed by atoms with Gasteiger partial charge in [0.1, 0.15) is 5.75 Å². The second-order valence-corrected chi connectivity index (χ2v) is 6.65. The monoisotopic (exact) mass is 318 g/mol. The van der Waals surface area contributed by atoms with Crippen LogP contribution < -0.4 is 15.4 Å². The maximum absolute atomic E-state index is 11.8. The molecular formula is C19H30N2O2. The highest BCUT2D eigenvalue weighted by Crippen LogP contribution is 2.17. The highest BCUT2D eigenvalue weighted by atomic mass is 16.5. The van der Waals surface area contributed by atoms with E-state index in [9.17, 15) is 4.79 Å². The summed E-state index contributed by atoms with van der Waals surface area (Å²) in [6, 6.07) is 8.58. The van der Waals surface area contributed by atoms with Gasteiger partial charge in [-0.2, -0.15) is 0 Å². The molecule has 0 atom stereocenters. The molecule has 1 fully saturated rings. The van der Waals surface area contributed by atoms with Gasteiger partial charge >= 0.3 is 6.03 Å². The summed E-state index contributed by atoms with van der Waals surface area (Å²) in [6.07, 6.45) is 8.14. The fraction of sp³-hybridized carbons (Fsp3) is 0.632. The van der Waals surface area contributed by atoms with Crippen molar-refractivity contribution >= 4 is 6.03 Å². The molecule has 0 spiro atoms. The molecule has 2 rings (SSSR count). The summed E-state index contributed by atoms with van der Waals surface area (Å²) < 4.78 is 5.63. The van der Waals surface area contributed by atoms with Gasteiger partial charge in [-0.1, -0.05) is 31.4 Å². The normalized spacial score (nSPS) is 15.4. The van der Waals surface area contributed by atoms with Crippen molar-refractivity contribution < 1.29 is 9.53 Å². The molecule has 0 aromatic heterocycles. The van der Waals surface area contributed by atoms with E-state index in [0.717, 1.165) is 31.4 Å². The molecule has 4 nitrogen and oxygen atoms in total. The van der Waals surface area contributed by atoms with Crippen molar-refractivity contribution in [1.29, 1.82) is 0 Å². The maximum atomic E-state index is 11.8. The molecule has 1 aromatic carbocycles. The Morgan fingerprint density at radius 1 is 1.17 bits per heavy atom. The van der Waals surface area contributed by atoms with E-state index in [1.54, 1.807) is 0 Å². The lowest BCUT2D eigenvalue weighted by Gasteiger charge is -2.22. The van der Waals surface area contributed by atoms with E-state index in [1.807, 2.05) is 26.0 Å². The number of amides is 2. The summed E-state index contributed by atoms with van der Waals surface area (Å²) in [5.41, 5.74) is 1.27. The molecule has 4 heteroatoms. The molecule has 2 N–H and O–H groups in total. The molecule has 0 unspecified atom stereocenters. The lowest BCUT2D eigenvalue weighted by atomic mass is 9.96. The van der Waals surface area contributed by atoms with Crippen molar-refractivity contribution in [1.82, 2.24) is 10.6 Å². The fourth-order valence-electron chi connectivity index (χ4n) is 2.98. The number of aryl methyl sites for hydroxylation is 1. The quantitative estimate of drug-likeness (QED) is 0.746. The van der Waals surface area contributed by atoms with Crippen LogP contribution in [0.5, 0.6) is 5.75 Å². The van der Waals surface area contributed by atoms with Gasteiger partial charge in [0.05, 0.1) is 6.10 Å². The molecule has 2 amide bonds. The van der Waals surface area contributed by atoms with Crippen LogP contribution >= 0.6 is 0 Å². The standard InChI is InChI=1S/C19H30N2O2/c1-15(2)23-18-12-10-16(11-13-18)7-6-14-20-19(22)21-17-8-4-3-5-9-17/h10-13,15,17H,3-9,14H2,1-2H3,(H2,20,21,22). The molecule has 1 saturated carbocycles. The van der Waals surface area contributed by atoms with E-state index in [1.165, 1.54) is 24.8 Å². The van der Waals surface area contributed by atoms with Crippen LogP contribution in [0.2, 0.25) is 0 Å². The van der Waals surface area contributed by atoms with Crippen molar-refractivity contribution in [2.75, 3.05) is 6.54 Å². The predicted molar refractivity (Wildman–Crippen MR) is 93.9 cm³/mol. The van der Waals surface area contributed by atoms with Crippen LogP contribution in [0.4, 0.5) is 4.79 Å². The Hall–Kier alpha value is -1.71. The van der Waals surface area contributed by atoms with E-state index < -0.39 is 0 Å². The molecule has 1 aliphatic rings. The van der Waals surface area contributed by atoms with Crippen LogP contribution in [0.15, 0.2) is 24.3 Å². The summed E-state index contributed by atoms with van der Waals surface area (Å²) in [5, 5.41) is 6.04. The number of hydrogen-bond acceptors (Lipinski definition) is 2. The lowest BCUT2D eigenvalue weighted by molar-refractivity contribution is 0.232. The van der Waals surface area contributed by atoms with Crippen molar-refractivity contribution in [3.8, 4) is 5.75 Å². The van der Waals surface area contributed by atoms with E-state index in [2.05, 4.69) is 22.8 Å². The fourth-order valence-corrected chi connectivity index (χ4v) is 2.98. The first-order chi connectivity index (χ1) is 11.1. The number of carbonyl (C=O) groups excluding carboxylic acids is 1. The lowest BCUT2D eigenvalue weighted by Crippen LogP contribution is -2.43. The molecule has 0 aliphatic heterocycles. The molecule has 1 aromatic rings. The predicted octanol–water partition coefficient (Wildman–Crippen LogP) is 4.04. The Morgan fingerprint density at radius 3 is 2.52 bits per heavy atom. The van der Waals surface area contributed by atoms with Gasteiger partial charge in [0.15, 0.2) is 0 Å². The molecular weight excluding hydrogens is 288 g/mol. The summed E-state index contributed by atoms with van der Waals surface area (Å²) in [4.78, 5) is 11.8. The Morgan fingerprint density at radius 2 is 1.87 bits per heavy atom. The number of ether oxygens (including phenoxy) is 1. The summed E-state index contributed by atoms with van der Waals surface area (Å²) in [5.74, 6) is 0.911. The zero-order valence-electron chi connectivity index (χ0n) is 14.4. The summed E-state index contributed by atoms with van der Waals surface area (Å²) in [6.45, 7) is 4.76. The van der Waals surface area contributed by atoms with Gasteiger partial charge in [-0.25, -0.2) is 4.79 Å². The van der Waals surface area contributed by atoms with Gasteiger partial charge < -0.3 is 15.4 Å². The molecule has 1 aliphatic carbocycles. The van der Waals surface area contributed by atoms with Crippen LogP contribution in [0.25, 0.3) is 0 Å². The first kappa shape index (κ1) is 17.6. The van der Waals surface area contributed by atoms with Crippen LogP contribution in [-0.4, -0.2) is 24.7 Å². The first-order valence-corrected chi connectivity index (χ1v) is 8.93. The molecule has 0 bridgehead atoms.